The van der Waals surface area contributed by atoms with Crippen LogP contribution in [0.15, 0.2) is 22.7 Å². The second kappa shape index (κ2) is 6.20. The van der Waals surface area contributed by atoms with Crippen molar-refractivity contribution >= 4 is 29.7 Å². The lowest BCUT2D eigenvalue weighted by atomic mass is 9.77. The fourth-order valence-corrected chi connectivity index (χ4v) is 2.51. The van der Waals surface area contributed by atoms with Crippen LogP contribution in [0.4, 0.5) is 5.69 Å². The van der Waals surface area contributed by atoms with E-state index in [-0.39, 0.29) is 18.1 Å². The Morgan fingerprint density at radius 3 is 2.73 bits per heavy atom. The summed E-state index contributed by atoms with van der Waals surface area (Å²) in [5.41, 5.74) is 6.30. The first-order valence-electron chi connectivity index (χ1n) is 6.53. The largest absolute Gasteiger partial charge is 0.339 e. The molecular weight excluding hydrogens is 331 g/mol. The van der Waals surface area contributed by atoms with E-state index >= 15 is 0 Å². The zero-order chi connectivity index (χ0) is 15.0. The van der Waals surface area contributed by atoms with Gasteiger partial charge in [0.1, 0.15) is 0 Å². The molecule has 0 aliphatic heterocycles. The summed E-state index contributed by atoms with van der Waals surface area (Å²) in [7, 11) is 0. The third-order valence-electron chi connectivity index (χ3n) is 3.75. The van der Waals surface area contributed by atoms with Gasteiger partial charge >= 0.3 is 0 Å². The van der Waals surface area contributed by atoms with Gasteiger partial charge in [0.2, 0.25) is 5.89 Å². The number of rotatable bonds is 4. The summed E-state index contributed by atoms with van der Waals surface area (Å²) in [5, 5.41) is 14.9. The van der Waals surface area contributed by atoms with Crippen molar-refractivity contribution in [3.63, 3.8) is 0 Å². The van der Waals surface area contributed by atoms with Crippen molar-refractivity contribution in [2.45, 2.75) is 31.2 Å². The third kappa shape index (κ3) is 3.06. The lowest BCUT2D eigenvalue weighted by molar-refractivity contribution is -0.384. The van der Waals surface area contributed by atoms with E-state index in [4.69, 9.17) is 21.9 Å². The number of nitro benzene ring substituents is 1. The number of non-ortho nitro benzene ring substituents is 1. The van der Waals surface area contributed by atoms with E-state index in [1.807, 2.05) is 0 Å². The maximum Gasteiger partial charge on any atom is 0.270 e. The number of nitrogens with two attached hydrogens (primary N) is 1. The molecule has 0 saturated heterocycles. The Bertz CT molecular complexity index is 700. The zero-order valence-corrected chi connectivity index (χ0v) is 13.1. The Morgan fingerprint density at radius 2 is 2.18 bits per heavy atom. The first-order chi connectivity index (χ1) is 9.98. The number of aromatic nitrogens is 2. The van der Waals surface area contributed by atoms with Gasteiger partial charge in [0.15, 0.2) is 5.82 Å². The Hall–Kier alpha value is -1.70. The summed E-state index contributed by atoms with van der Waals surface area (Å²) in [6.07, 6.45) is 3.09. The van der Waals surface area contributed by atoms with E-state index in [9.17, 15) is 10.1 Å². The second-order valence-corrected chi connectivity index (χ2v) is 5.64. The summed E-state index contributed by atoms with van der Waals surface area (Å²) in [5.74, 6) is 0.916. The predicted molar refractivity (Wildman–Crippen MR) is 82.2 cm³/mol. The highest BCUT2D eigenvalue weighted by atomic mass is 35.5. The molecule has 0 radical (unpaired) electrons. The van der Waals surface area contributed by atoms with Crippen LogP contribution in [0.2, 0.25) is 5.02 Å². The van der Waals surface area contributed by atoms with Crippen molar-refractivity contribution in [3.05, 3.63) is 50.6 Å². The number of nitro groups is 1. The second-order valence-electron chi connectivity index (χ2n) is 5.23. The lowest BCUT2D eigenvalue weighted by Gasteiger charge is -2.34. The summed E-state index contributed by atoms with van der Waals surface area (Å²) in [6, 6.07) is 4.30. The van der Waals surface area contributed by atoms with E-state index in [1.165, 1.54) is 12.1 Å². The molecule has 0 amide bonds. The van der Waals surface area contributed by atoms with Gasteiger partial charge in [-0.1, -0.05) is 22.8 Å². The summed E-state index contributed by atoms with van der Waals surface area (Å²) < 4.78 is 5.19. The van der Waals surface area contributed by atoms with Crippen molar-refractivity contribution in [2.75, 3.05) is 0 Å². The standard InChI is InChI=1S/C13H13ClN4O3.ClH/c14-10-7-9(18(19)20)3-2-8(10)6-11-16-12(17-21-11)13(15)4-1-5-13;/h2-3,7H,1,4-6,15H2;1H. The van der Waals surface area contributed by atoms with Gasteiger partial charge < -0.3 is 10.3 Å². The van der Waals surface area contributed by atoms with Crippen molar-refractivity contribution in [1.29, 1.82) is 0 Å². The van der Waals surface area contributed by atoms with Gasteiger partial charge in [-0.25, -0.2) is 0 Å². The van der Waals surface area contributed by atoms with Crippen molar-refractivity contribution in [3.8, 4) is 0 Å². The highest BCUT2D eigenvalue weighted by Gasteiger charge is 2.38. The van der Waals surface area contributed by atoms with E-state index in [1.54, 1.807) is 6.07 Å². The molecular formula is C13H14Cl2N4O3. The van der Waals surface area contributed by atoms with Gasteiger partial charge in [-0.15, -0.1) is 12.4 Å². The van der Waals surface area contributed by atoms with Crippen LogP contribution >= 0.6 is 24.0 Å². The van der Waals surface area contributed by atoms with Gasteiger partial charge in [0.05, 0.1) is 21.9 Å². The molecule has 1 aromatic carbocycles. The molecule has 1 heterocycles. The molecule has 3 rings (SSSR count). The Balaban J connectivity index is 0.00000176. The molecule has 118 valence electrons. The van der Waals surface area contributed by atoms with E-state index < -0.39 is 10.5 Å². The molecule has 0 bridgehead atoms. The van der Waals surface area contributed by atoms with Gasteiger partial charge in [-0.05, 0) is 24.8 Å². The normalized spacial score (nSPS) is 15.7. The maximum absolute atomic E-state index is 10.7. The monoisotopic (exact) mass is 344 g/mol. The molecule has 2 aromatic rings. The van der Waals surface area contributed by atoms with Gasteiger partial charge in [0.25, 0.3) is 5.69 Å². The van der Waals surface area contributed by atoms with Crippen LogP contribution in [0, 0.1) is 10.1 Å². The van der Waals surface area contributed by atoms with Gasteiger partial charge in [-0.2, -0.15) is 4.98 Å². The molecule has 1 saturated carbocycles. The number of hydrogen-bond acceptors (Lipinski definition) is 6. The molecule has 0 atom stereocenters. The minimum Gasteiger partial charge on any atom is -0.339 e. The molecule has 1 aliphatic rings. The van der Waals surface area contributed by atoms with E-state index in [2.05, 4.69) is 10.1 Å². The van der Waals surface area contributed by atoms with E-state index in [0.717, 1.165) is 19.3 Å². The molecule has 1 aromatic heterocycles. The van der Waals surface area contributed by atoms with Crippen LogP contribution in [0.25, 0.3) is 0 Å². The Morgan fingerprint density at radius 1 is 1.45 bits per heavy atom. The molecule has 0 spiro atoms. The zero-order valence-electron chi connectivity index (χ0n) is 11.5. The fourth-order valence-electron chi connectivity index (χ4n) is 2.27. The average molecular weight is 345 g/mol. The summed E-state index contributed by atoms with van der Waals surface area (Å²) >= 11 is 6.04. The van der Waals surface area contributed by atoms with Crippen LogP contribution in [0.5, 0.6) is 0 Å². The lowest BCUT2D eigenvalue weighted by Crippen LogP contribution is -2.44. The van der Waals surface area contributed by atoms with Crippen molar-refractivity contribution in [1.82, 2.24) is 10.1 Å². The first kappa shape index (κ1) is 16.7. The maximum atomic E-state index is 10.7. The molecule has 0 unspecified atom stereocenters. The van der Waals surface area contributed by atoms with Crippen LogP contribution in [0.3, 0.4) is 0 Å². The van der Waals surface area contributed by atoms with Gasteiger partial charge in [-0.3, -0.25) is 10.1 Å². The third-order valence-corrected chi connectivity index (χ3v) is 4.10. The minimum atomic E-state index is -0.491. The Kier molecular flexibility index (Phi) is 4.69. The highest BCUT2D eigenvalue weighted by Crippen LogP contribution is 2.37. The fraction of sp³-hybridized carbons (Fsp3) is 0.385. The molecule has 2 N–H and O–H groups in total. The van der Waals surface area contributed by atoms with Crippen molar-refractivity contribution < 1.29 is 9.45 Å². The van der Waals surface area contributed by atoms with E-state index in [0.29, 0.717) is 28.7 Å². The SMILES string of the molecule is Cl.NC1(c2noc(Cc3ccc([N+](=O)[O-])cc3Cl)n2)CCC1. The highest BCUT2D eigenvalue weighted by molar-refractivity contribution is 6.31. The number of hydrogen-bond donors (Lipinski definition) is 1. The van der Waals surface area contributed by atoms with Gasteiger partial charge in [0, 0.05) is 12.1 Å². The molecule has 1 aliphatic carbocycles. The van der Waals surface area contributed by atoms with Crippen LogP contribution in [-0.4, -0.2) is 15.1 Å². The predicted octanol–water partition coefficient (Wildman–Crippen LogP) is 2.98. The Labute approximate surface area is 137 Å². The number of nitrogens with zero attached hydrogens (tertiary/aromatic N) is 3. The molecule has 9 heteroatoms. The van der Waals surface area contributed by atoms with Crippen molar-refractivity contribution in [2.24, 2.45) is 5.73 Å². The topological polar surface area (TPSA) is 108 Å². The quantitative estimate of drug-likeness (QED) is 0.674. The molecule has 7 nitrogen and oxygen atoms in total. The smallest absolute Gasteiger partial charge is 0.270 e. The summed E-state index contributed by atoms with van der Waals surface area (Å²) in [6.45, 7) is 0. The van der Waals surface area contributed by atoms with Crippen LogP contribution in [-0.2, 0) is 12.0 Å². The minimum absolute atomic E-state index is 0. The molecule has 22 heavy (non-hydrogen) atoms. The number of benzene rings is 1. The average Bonchev–Trinajstić information content (AvgIpc) is 2.87. The number of halogens is 2. The van der Waals surface area contributed by atoms with Crippen LogP contribution in [0.1, 0.15) is 36.5 Å². The summed E-state index contributed by atoms with van der Waals surface area (Å²) in [4.78, 5) is 14.5. The first-order valence-corrected chi connectivity index (χ1v) is 6.90. The van der Waals surface area contributed by atoms with Crippen LogP contribution < -0.4 is 5.73 Å². The molecule has 1 fully saturated rings.